The molecule has 1 aliphatic carbocycles. The van der Waals surface area contributed by atoms with E-state index in [-0.39, 0.29) is 23.0 Å². The molecule has 0 aliphatic heterocycles. The summed E-state index contributed by atoms with van der Waals surface area (Å²) in [7, 11) is 1.26. The molecule has 3 heterocycles. The Balaban J connectivity index is 1.62. The van der Waals surface area contributed by atoms with Crippen molar-refractivity contribution in [1.82, 2.24) is 29.4 Å². The molecule has 0 saturated heterocycles. The molecular weight excluding hydrogens is 394 g/mol. The van der Waals surface area contributed by atoms with Crippen molar-refractivity contribution < 1.29 is 18.6 Å². The lowest BCUT2D eigenvalue weighted by Gasteiger charge is -2.16. The standard InChI is InChI=1S/C20H18F2N6O2/c1-10-17(25-26-28(10)15-5-14(22)16(30-2)6-13(15)21)20(29)19-18(11-3-4-11)24-8-12-7-23-9-27(12)19/h5-9,11,20,29H,3-4H2,1-2H3/t20-/m0/s1. The summed E-state index contributed by atoms with van der Waals surface area (Å²) in [6, 6.07) is 1.93. The summed E-state index contributed by atoms with van der Waals surface area (Å²) in [5.41, 5.74) is 2.56. The van der Waals surface area contributed by atoms with Gasteiger partial charge in [-0.05, 0) is 19.8 Å². The summed E-state index contributed by atoms with van der Waals surface area (Å²) in [4.78, 5) is 8.67. The fourth-order valence-electron chi connectivity index (χ4n) is 3.66. The highest BCUT2D eigenvalue weighted by molar-refractivity contribution is 5.47. The van der Waals surface area contributed by atoms with Gasteiger partial charge in [-0.25, -0.2) is 18.4 Å². The summed E-state index contributed by atoms with van der Waals surface area (Å²) in [5, 5.41) is 19.3. The Morgan fingerprint density at radius 3 is 2.73 bits per heavy atom. The minimum Gasteiger partial charge on any atom is -0.494 e. The summed E-state index contributed by atoms with van der Waals surface area (Å²) in [5.74, 6) is -1.39. The third kappa shape index (κ3) is 2.83. The number of hydrogen-bond donors (Lipinski definition) is 1. The molecule has 1 N–H and O–H groups in total. The number of imidazole rings is 1. The average Bonchev–Trinajstić information content (AvgIpc) is 3.35. The van der Waals surface area contributed by atoms with Crippen LogP contribution in [0.25, 0.3) is 11.2 Å². The van der Waals surface area contributed by atoms with Gasteiger partial charge in [-0.1, -0.05) is 5.21 Å². The van der Waals surface area contributed by atoms with Crippen LogP contribution < -0.4 is 4.74 Å². The predicted octanol–water partition coefficient (Wildman–Crippen LogP) is 2.86. The van der Waals surface area contributed by atoms with Crippen molar-refractivity contribution in [1.29, 1.82) is 0 Å². The number of ether oxygens (including phenoxy) is 1. The number of aromatic nitrogens is 6. The van der Waals surface area contributed by atoms with Crippen LogP contribution in [0.4, 0.5) is 8.78 Å². The zero-order chi connectivity index (χ0) is 21.0. The molecule has 154 valence electrons. The fourth-order valence-corrected chi connectivity index (χ4v) is 3.66. The molecule has 1 saturated carbocycles. The molecule has 10 heteroatoms. The van der Waals surface area contributed by atoms with E-state index in [9.17, 15) is 13.9 Å². The SMILES string of the molecule is COc1cc(F)c(-n2nnc([C@H](O)c3c(C4CC4)ncc4cncn34)c2C)cc1F. The van der Waals surface area contributed by atoms with Gasteiger partial charge in [0, 0.05) is 18.1 Å². The number of fused-ring (bicyclic) bond motifs is 1. The molecule has 0 spiro atoms. The number of benzene rings is 1. The van der Waals surface area contributed by atoms with Crippen molar-refractivity contribution in [2.75, 3.05) is 7.11 Å². The van der Waals surface area contributed by atoms with Crippen molar-refractivity contribution in [2.45, 2.75) is 31.8 Å². The molecule has 4 aromatic rings. The lowest BCUT2D eigenvalue weighted by atomic mass is 10.1. The Bertz CT molecular complexity index is 1260. The Morgan fingerprint density at radius 2 is 2.00 bits per heavy atom. The van der Waals surface area contributed by atoms with E-state index >= 15 is 0 Å². The number of halogens is 2. The summed E-state index contributed by atoms with van der Waals surface area (Å²) in [6.45, 7) is 1.64. The molecule has 5 rings (SSSR count). The second-order valence-electron chi connectivity index (χ2n) is 7.30. The van der Waals surface area contributed by atoms with Crippen LogP contribution >= 0.6 is 0 Å². The van der Waals surface area contributed by atoms with Gasteiger partial charge in [0.15, 0.2) is 17.4 Å². The Morgan fingerprint density at radius 1 is 1.20 bits per heavy atom. The maximum Gasteiger partial charge on any atom is 0.167 e. The number of methoxy groups -OCH3 is 1. The van der Waals surface area contributed by atoms with Crippen LogP contribution in [0.2, 0.25) is 0 Å². The van der Waals surface area contributed by atoms with Gasteiger partial charge in [-0.15, -0.1) is 5.10 Å². The van der Waals surface area contributed by atoms with Gasteiger partial charge < -0.3 is 9.84 Å². The van der Waals surface area contributed by atoms with Gasteiger partial charge >= 0.3 is 0 Å². The zero-order valence-electron chi connectivity index (χ0n) is 16.3. The topological polar surface area (TPSA) is 90.4 Å². The van der Waals surface area contributed by atoms with E-state index in [4.69, 9.17) is 4.74 Å². The second kappa shape index (κ2) is 6.84. The van der Waals surface area contributed by atoms with Crippen LogP contribution in [0.3, 0.4) is 0 Å². The van der Waals surface area contributed by atoms with Gasteiger partial charge in [0.2, 0.25) is 0 Å². The van der Waals surface area contributed by atoms with Crippen molar-refractivity contribution >= 4 is 5.52 Å². The quantitative estimate of drug-likeness (QED) is 0.542. The smallest absolute Gasteiger partial charge is 0.167 e. The first-order chi connectivity index (χ1) is 14.5. The van der Waals surface area contributed by atoms with Crippen molar-refractivity contribution in [2.24, 2.45) is 0 Å². The Kier molecular flexibility index (Phi) is 4.24. The van der Waals surface area contributed by atoms with Crippen molar-refractivity contribution in [3.05, 3.63) is 65.3 Å². The van der Waals surface area contributed by atoms with Gasteiger partial charge in [0.1, 0.15) is 17.5 Å². The number of aliphatic hydroxyl groups excluding tert-OH is 1. The average molecular weight is 412 g/mol. The highest BCUT2D eigenvalue weighted by Crippen LogP contribution is 2.43. The highest BCUT2D eigenvalue weighted by atomic mass is 19.1. The molecule has 0 amide bonds. The summed E-state index contributed by atoms with van der Waals surface area (Å²) in [6.07, 6.45) is 5.81. The number of rotatable bonds is 5. The molecule has 0 bridgehead atoms. The normalized spacial score (nSPS) is 15.0. The van der Waals surface area contributed by atoms with Crippen LogP contribution in [0, 0.1) is 18.6 Å². The molecule has 1 fully saturated rings. The molecule has 0 unspecified atom stereocenters. The molecule has 3 aromatic heterocycles. The van der Waals surface area contributed by atoms with Gasteiger partial charge in [-0.2, -0.15) is 0 Å². The molecule has 0 radical (unpaired) electrons. The molecule has 1 aromatic carbocycles. The predicted molar refractivity (Wildman–Crippen MR) is 102 cm³/mol. The van der Waals surface area contributed by atoms with E-state index in [1.165, 1.54) is 7.11 Å². The molecule has 8 nitrogen and oxygen atoms in total. The summed E-state index contributed by atoms with van der Waals surface area (Å²) >= 11 is 0. The lowest BCUT2D eigenvalue weighted by Crippen LogP contribution is -2.13. The number of aliphatic hydroxyl groups is 1. The van der Waals surface area contributed by atoms with E-state index in [0.29, 0.717) is 11.4 Å². The number of hydrogen-bond acceptors (Lipinski definition) is 6. The summed E-state index contributed by atoms with van der Waals surface area (Å²) < 4.78 is 36.4. The van der Waals surface area contributed by atoms with Gasteiger partial charge in [0.05, 0.1) is 48.4 Å². The fraction of sp³-hybridized carbons (Fsp3) is 0.300. The molecule has 1 atom stereocenters. The first kappa shape index (κ1) is 18.6. The molecule has 1 aliphatic rings. The third-order valence-electron chi connectivity index (χ3n) is 5.39. The minimum absolute atomic E-state index is 0.127. The van der Waals surface area contributed by atoms with Gasteiger partial charge in [0.25, 0.3) is 0 Å². The zero-order valence-corrected chi connectivity index (χ0v) is 16.3. The maximum atomic E-state index is 14.5. The largest absolute Gasteiger partial charge is 0.494 e. The first-order valence-electron chi connectivity index (χ1n) is 9.44. The number of nitrogens with zero attached hydrogens (tertiary/aromatic N) is 6. The van der Waals surface area contributed by atoms with Crippen LogP contribution in [0.5, 0.6) is 5.75 Å². The first-order valence-corrected chi connectivity index (χ1v) is 9.44. The molecular formula is C20H18F2N6O2. The lowest BCUT2D eigenvalue weighted by molar-refractivity contribution is 0.206. The highest BCUT2D eigenvalue weighted by Gasteiger charge is 2.33. The molecule has 30 heavy (non-hydrogen) atoms. The monoisotopic (exact) mass is 412 g/mol. The Labute approximate surface area is 169 Å². The maximum absolute atomic E-state index is 14.5. The second-order valence-corrected chi connectivity index (χ2v) is 7.30. The van der Waals surface area contributed by atoms with Crippen LogP contribution in [0.1, 0.15) is 47.6 Å². The van der Waals surface area contributed by atoms with Crippen LogP contribution in [-0.4, -0.2) is 41.6 Å². The van der Waals surface area contributed by atoms with E-state index in [2.05, 4.69) is 20.3 Å². The van der Waals surface area contributed by atoms with E-state index in [0.717, 1.165) is 40.9 Å². The van der Waals surface area contributed by atoms with Crippen LogP contribution in [-0.2, 0) is 0 Å². The Hall–Kier alpha value is -3.40. The van der Waals surface area contributed by atoms with E-state index in [1.54, 1.807) is 30.0 Å². The van der Waals surface area contributed by atoms with Crippen LogP contribution in [0.15, 0.2) is 30.9 Å². The van der Waals surface area contributed by atoms with Gasteiger partial charge in [-0.3, -0.25) is 9.38 Å². The third-order valence-corrected chi connectivity index (χ3v) is 5.39. The van der Waals surface area contributed by atoms with Crippen molar-refractivity contribution in [3.8, 4) is 11.4 Å². The van der Waals surface area contributed by atoms with E-state index in [1.807, 2.05) is 0 Å². The van der Waals surface area contributed by atoms with Crippen molar-refractivity contribution in [3.63, 3.8) is 0 Å². The minimum atomic E-state index is -1.16. The van der Waals surface area contributed by atoms with E-state index < -0.39 is 17.7 Å².